The Kier molecular flexibility index (Phi) is 3.64. The summed E-state index contributed by atoms with van der Waals surface area (Å²) in [4.78, 5) is 27.2. The highest BCUT2D eigenvalue weighted by molar-refractivity contribution is 5.89. The lowest BCUT2D eigenvalue weighted by Gasteiger charge is -2.35. The standard InChI is InChI=1S/C12H21N5O2/c13-9(18)8-6-12(3-4-12)7(10(19)17-8)2-1-5-16-11(14)15/h7-8H,1-6H2,(H2,13,18)(H,17,19)(H4,14,15,16)/t7-,8?/m0/s1. The Morgan fingerprint density at radius 2 is 2.05 bits per heavy atom. The summed E-state index contributed by atoms with van der Waals surface area (Å²) in [6, 6.07) is -0.510. The number of rotatable bonds is 5. The van der Waals surface area contributed by atoms with E-state index in [0.29, 0.717) is 13.0 Å². The first kappa shape index (κ1) is 13.6. The number of carbonyl (C=O) groups excluding carboxylic acids is 2. The number of nitrogens with one attached hydrogen (secondary N) is 1. The van der Waals surface area contributed by atoms with Crippen molar-refractivity contribution in [3.63, 3.8) is 0 Å². The first-order valence-electron chi connectivity index (χ1n) is 6.60. The number of nitrogens with two attached hydrogens (primary N) is 3. The van der Waals surface area contributed by atoms with E-state index in [0.717, 1.165) is 25.7 Å². The largest absolute Gasteiger partial charge is 0.370 e. The van der Waals surface area contributed by atoms with Gasteiger partial charge in [0.2, 0.25) is 11.8 Å². The first-order chi connectivity index (χ1) is 8.94. The molecular weight excluding hydrogens is 246 g/mol. The third kappa shape index (κ3) is 2.97. The predicted molar refractivity (Wildman–Crippen MR) is 70.8 cm³/mol. The molecule has 0 aromatic carbocycles. The van der Waals surface area contributed by atoms with E-state index in [4.69, 9.17) is 17.2 Å². The summed E-state index contributed by atoms with van der Waals surface area (Å²) in [5.41, 5.74) is 15.8. The fourth-order valence-electron chi connectivity index (χ4n) is 2.98. The van der Waals surface area contributed by atoms with Crippen LogP contribution in [0.4, 0.5) is 0 Å². The Hall–Kier alpha value is -1.79. The van der Waals surface area contributed by atoms with Gasteiger partial charge in [0.1, 0.15) is 6.04 Å². The van der Waals surface area contributed by atoms with E-state index in [-0.39, 0.29) is 23.2 Å². The minimum absolute atomic E-state index is 0.0139. The molecule has 106 valence electrons. The van der Waals surface area contributed by atoms with Crippen molar-refractivity contribution in [1.82, 2.24) is 5.32 Å². The van der Waals surface area contributed by atoms with Crippen LogP contribution in [0.2, 0.25) is 0 Å². The Bertz CT molecular complexity index is 412. The van der Waals surface area contributed by atoms with Crippen LogP contribution in [-0.4, -0.2) is 30.4 Å². The van der Waals surface area contributed by atoms with Crippen molar-refractivity contribution >= 4 is 17.8 Å². The number of hydrogen-bond acceptors (Lipinski definition) is 3. The van der Waals surface area contributed by atoms with Crippen LogP contribution in [-0.2, 0) is 9.59 Å². The Morgan fingerprint density at radius 1 is 1.37 bits per heavy atom. The molecule has 1 aliphatic carbocycles. The Morgan fingerprint density at radius 3 is 2.58 bits per heavy atom. The highest BCUT2D eigenvalue weighted by Gasteiger charge is 2.56. The van der Waals surface area contributed by atoms with Gasteiger partial charge in [0.25, 0.3) is 0 Å². The molecule has 1 saturated carbocycles. The molecule has 1 spiro atoms. The minimum atomic E-state index is -0.510. The molecule has 0 radical (unpaired) electrons. The summed E-state index contributed by atoms with van der Waals surface area (Å²) in [5, 5.41) is 2.71. The number of nitrogens with zero attached hydrogens (tertiary/aromatic N) is 1. The van der Waals surface area contributed by atoms with E-state index in [2.05, 4.69) is 10.3 Å². The van der Waals surface area contributed by atoms with Crippen molar-refractivity contribution in [2.24, 2.45) is 33.5 Å². The summed E-state index contributed by atoms with van der Waals surface area (Å²) in [7, 11) is 0. The zero-order valence-electron chi connectivity index (χ0n) is 10.9. The smallest absolute Gasteiger partial charge is 0.240 e. The van der Waals surface area contributed by atoms with E-state index in [1.54, 1.807) is 0 Å². The average Bonchev–Trinajstić information content (AvgIpc) is 3.06. The number of amides is 2. The summed E-state index contributed by atoms with van der Waals surface area (Å²) >= 11 is 0. The monoisotopic (exact) mass is 267 g/mol. The van der Waals surface area contributed by atoms with E-state index < -0.39 is 11.9 Å². The van der Waals surface area contributed by atoms with Crippen LogP contribution < -0.4 is 22.5 Å². The molecule has 2 amide bonds. The number of guanidine groups is 1. The zero-order chi connectivity index (χ0) is 14.0. The normalized spacial score (nSPS) is 27.7. The van der Waals surface area contributed by atoms with Crippen LogP contribution in [0, 0.1) is 11.3 Å². The molecule has 7 N–H and O–H groups in total. The molecule has 7 nitrogen and oxygen atoms in total. The number of hydrogen-bond donors (Lipinski definition) is 4. The van der Waals surface area contributed by atoms with E-state index in [9.17, 15) is 9.59 Å². The molecule has 2 atom stereocenters. The van der Waals surface area contributed by atoms with Crippen molar-refractivity contribution in [2.75, 3.05) is 6.54 Å². The molecule has 2 fully saturated rings. The van der Waals surface area contributed by atoms with Gasteiger partial charge in [0.15, 0.2) is 5.96 Å². The molecule has 1 heterocycles. The molecule has 1 saturated heterocycles. The zero-order valence-corrected chi connectivity index (χ0v) is 10.9. The molecule has 0 bridgehead atoms. The van der Waals surface area contributed by atoms with E-state index >= 15 is 0 Å². The lowest BCUT2D eigenvalue weighted by atomic mass is 9.77. The molecule has 2 aliphatic rings. The topological polar surface area (TPSA) is 137 Å². The van der Waals surface area contributed by atoms with Gasteiger partial charge in [-0.05, 0) is 37.5 Å². The van der Waals surface area contributed by atoms with Crippen LogP contribution in [0.3, 0.4) is 0 Å². The highest BCUT2D eigenvalue weighted by atomic mass is 16.2. The first-order valence-corrected chi connectivity index (χ1v) is 6.60. The molecule has 19 heavy (non-hydrogen) atoms. The fraction of sp³-hybridized carbons (Fsp3) is 0.750. The van der Waals surface area contributed by atoms with E-state index in [1.165, 1.54) is 0 Å². The highest BCUT2D eigenvalue weighted by Crippen LogP contribution is 2.58. The maximum absolute atomic E-state index is 12.1. The number of piperidine rings is 1. The SMILES string of the molecule is NC(=O)C1CC2(CC2)[C@@H](CCCN=C(N)N)C(=O)N1. The van der Waals surface area contributed by atoms with Crippen LogP contribution >= 0.6 is 0 Å². The molecule has 2 rings (SSSR count). The van der Waals surface area contributed by atoms with Crippen LogP contribution in [0.5, 0.6) is 0 Å². The van der Waals surface area contributed by atoms with E-state index in [1.807, 2.05) is 0 Å². The van der Waals surface area contributed by atoms with Gasteiger partial charge < -0.3 is 22.5 Å². The second-order valence-corrected chi connectivity index (χ2v) is 5.53. The molecule has 7 heteroatoms. The van der Waals surface area contributed by atoms with Gasteiger partial charge in [-0.15, -0.1) is 0 Å². The van der Waals surface area contributed by atoms with Crippen molar-refractivity contribution in [3.05, 3.63) is 0 Å². The van der Waals surface area contributed by atoms with Gasteiger partial charge in [0.05, 0.1) is 0 Å². The van der Waals surface area contributed by atoms with Gasteiger partial charge >= 0.3 is 0 Å². The maximum atomic E-state index is 12.1. The van der Waals surface area contributed by atoms with Gasteiger partial charge in [-0.2, -0.15) is 0 Å². The third-order valence-electron chi connectivity index (χ3n) is 4.16. The van der Waals surface area contributed by atoms with Gasteiger partial charge in [-0.1, -0.05) is 0 Å². The number of aliphatic imine (C=N–C) groups is 1. The number of primary amides is 1. The van der Waals surface area contributed by atoms with Crippen molar-refractivity contribution in [1.29, 1.82) is 0 Å². The number of carbonyl (C=O) groups is 2. The molecule has 0 aromatic heterocycles. The molecule has 1 aliphatic heterocycles. The van der Waals surface area contributed by atoms with Gasteiger partial charge in [-0.25, -0.2) is 0 Å². The molecule has 0 aromatic rings. The summed E-state index contributed by atoms with van der Waals surface area (Å²) in [6.45, 7) is 0.529. The van der Waals surface area contributed by atoms with Crippen LogP contribution in [0.25, 0.3) is 0 Å². The predicted octanol–water partition coefficient (Wildman–Crippen LogP) is -1.19. The summed E-state index contributed by atoms with van der Waals surface area (Å²) < 4.78 is 0. The van der Waals surface area contributed by atoms with Crippen molar-refractivity contribution < 1.29 is 9.59 Å². The Labute approximate surface area is 112 Å². The van der Waals surface area contributed by atoms with Crippen LogP contribution in [0.1, 0.15) is 32.1 Å². The second-order valence-electron chi connectivity index (χ2n) is 5.53. The summed E-state index contributed by atoms with van der Waals surface area (Å²) in [5.74, 6) is -0.476. The summed E-state index contributed by atoms with van der Waals surface area (Å²) in [6.07, 6.45) is 4.17. The van der Waals surface area contributed by atoms with Crippen molar-refractivity contribution in [3.8, 4) is 0 Å². The van der Waals surface area contributed by atoms with Crippen LogP contribution in [0.15, 0.2) is 4.99 Å². The van der Waals surface area contributed by atoms with Crippen molar-refractivity contribution in [2.45, 2.75) is 38.1 Å². The maximum Gasteiger partial charge on any atom is 0.240 e. The fourth-order valence-corrected chi connectivity index (χ4v) is 2.98. The lowest BCUT2D eigenvalue weighted by Crippen LogP contribution is -2.54. The quantitative estimate of drug-likeness (QED) is 0.283. The van der Waals surface area contributed by atoms with Gasteiger partial charge in [-0.3, -0.25) is 14.6 Å². The Balaban J connectivity index is 1.92. The minimum Gasteiger partial charge on any atom is -0.370 e. The molecular formula is C12H21N5O2. The third-order valence-corrected chi connectivity index (χ3v) is 4.16. The lowest BCUT2D eigenvalue weighted by molar-refractivity contribution is -0.136. The molecule has 1 unspecified atom stereocenters. The van der Waals surface area contributed by atoms with Gasteiger partial charge in [0, 0.05) is 12.5 Å². The second kappa shape index (κ2) is 5.07. The average molecular weight is 267 g/mol.